The minimum absolute atomic E-state index is 0.144. The monoisotopic (exact) mass is 236 g/mol. The normalized spacial score (nSPS) is 10.6. The second-order valence-electron chi connectivity index (χ2n) is 4.25. The van der Waals surface area contributed by atoms with Gasteiger partial charge in [0.2, 0.25) is 0 Å². The number of aryl methyl sites for hydroxylation is 1. The van der Waals surface area contributed by atoms with Crippen LogP contribution in [0.25, 0.3) is 16.4 Å². The second-order valence-corrected chi connectivity index (χ2v) is 4.25. The molecule has 3 aromatic rings. The average molecular weight is 236 g/mol. The molecule has 2 aromatic heterocycles. The first-order valence-electron chi connectivity index (χ1n) is 5.78. The summed E-state index contributed by atoms with van der Waals surface area (Å²) in [5.74, 6) is 5.85. The average Bonchev–Trinajstić information content (AvgIpc) is 2.68. The molecule has 88 valence electrons. The number of H-pyrrole nitrogens is 1. The van der Waals surface area contributed by atoms with E-state index in [0.29, 0.717) is 0 Å². The number of aromatic amines is 1. The van der Waals surface area contributed by atoms with Gasteiger partial charge >= 0.3 is 5.69 Å². The number of nitrogens with zero attached hydrogens (tertiary/aromatic N) is 1. The van der Waals surface area contributed by atoms with E-state index in [0.717, 1.165) is 27.7 Å². The highest BCUT2D eigenvalue weighted by atomic mass is 16.1. The lowest BCUT2D eigenvalue weighted by molar-refractivity contribution is 1.02. The Bertz CT molecular complexity index is 872. The molecule has 0 aliphatic heterocycles. The van der Waals surface area contributed by atoms with Crippen molar-refractivity contribution in [1.29, 1.82) is 0 Å². The molecule has 0 saturated carbocycles. The Hall–Kier alpha value is -2.47. The third-order valence-corrected chi connectivity index (χ3v) is 3.08. The van der Waals surface area contributed by atoms with Crippen molar-refractivity contribution in [3.63, 3.8) is 0 Å². The van der Waals surface area contributed by atoms with Crippen LogP contribution >= 0.6 is 0 Å². The molecule has 0 saturated heterocycles. The Kier molecular flexibility index (Phi) is 2.24. The summed E-state index contributed by atoms with van der Waals surface area (Å²) < 4.78 is 1.65. The molecule has 0 amide bonds. The number of hydrogen-bond donors (Lipinski definition) is 1. The van der Waals surface area contributed by atoms with Crippen molar-refractivity contribution in [1.82, 2.24) is 9.38 Å². The van der Waals surface area contributed by atoms with Gasteiger partial charge in [0.15, 0.2) is 0 Å². The van der Waals surface area contributed by atoms with E-state index in [1.165, 1.54) is 0 Å². The molecule has 3 rings (SSSR count). The molecule has 2 heterocycles. The lowest BCUT2D eigenvalue weighted by Crippen LogP contribution is -2.17. The number of fused-ring (bicyclic) bond motifs is 3. The fourth-order valence-electron chi connectivity index (χ4n) is 2.30. The maximum atomic E-state index is 12.1. The molecule has 0 unspecified atom stereocenters. The quantitative estimate of drug-likeness (QED) is 0.598. The molecule has 0 spiro atoms. The summed E-state index contributed by atoms with van der Waals surface area (Å²) in [5.41, 5.74) is 3.40. The number of para-hydroxylation sites is 1. The molecular formula is C15H12N2O. The van der Waals surface area contributed by atoms with Gasteiger partial charge in [0.05, 0.1) is 11.0 Å². The zero-order chi connectivity index (χ0) is 12.7. The van der Waals surface area contributed by atoms with Crippen molar-refractivity contribution in [3.8, 4) is 11.8 Å². The highest BCUT2D eigenvalue weighted by molar-refractivity contribution is 5.94. The smallest absolute Gasteiger partial charge is 0.307 e. The van der Waals surface area contributed by atoms with Gasteiger partial charge in [-0.1, -0.05) is 24.1 Å². The van der Waals surface area contributed by atoms with E-state index in [1.807, 2.05) is 37.3 Å². The lowest BCUT2D eigenvalue weighted by Gasteiger charge is -2.01. The fraction of sp³-hybridized carbons (Fsp3) is 0.133. The molecule has 0 radical (unpaired) electrons. The van der Waals surface area contributed by atoms with Crippen LogP contribution in [0.15, 0.2) is 35.1 Å². The Morgan fingerprint density at radius 3 is 2.83 bits per heavy atom. The first-order chi connectivity index (χ1) is 8.72. The predicted octanol–water partition coefficient (Wildman–Crippen LogP) is 2.46. The van der Waals surface area contributed by atoms with Crippen LogP contribution in [-0.4, -0.2) is 9.38 Å². The summed E-state index contributed by atoms with van der Waals surface area (Å²) >= 11 is 0. The SMILES string of the molecule is CC#Cc1c(C)cc2c3ccccc3[nH]c(=O)n12. The topological polar surface area (TPSA) is 37.3 Å². The third kappa shape index (κ3) is 1.36. The van der Waals surface area contributed by atoms with Gasteiger partial charge in [0, 0.05) is 5.39 Å². The number of rotatable bonds is 0. The van der Waals surface area contributed by atoms with Crippen molar-refractivity contribution < 1.29 is 0 Å². The summed E-state index contributed by atoms with van der Waals surface area (Å²) in [6.45, 7) is 3.74. The van der Waals surface area contributed by atoms with Gasteiger partial charge < -0.3 is 4.98 Å². The Morgan fingerprint density at radius 2 is 2.06 bits per heavy atom. The van der Waals surface area contributed by atoms with Crippen LogP contribution in [0.3, 0.4) is 0 Å². The molecule has 0 atom stereocenters. The number of benzene rings is 1. The van der Waals surface area contributed by atoms with Crippen LogP contribution in [0.5, 0.6) is 0 Å². The van der Waals surface area contributed by atoms with Crippen molar-refractivity contribution in [2.24, 2.45) is 0 Å². The maximum Gasteiger partial charge on any atom is 0.331 e. The molecule has 0 aliphatic rings. The van der Waals surface area contributed by atoms with E-state index >= 15 is 0 Å². The van der Waals surface area contributed by atoms with Crippen LogP contribution in [0.2, 0.25) is 0 Å². The van der Waals surface area contributed by atoms with Gasteiger partial charge in [-0.25, -0.2) is 4.79 Å². The molecule has 1 N–H and O–H groups in total. The molecule has 1 aromatic carbocycles. The van der Waals surface area contributed by atoms with Crippen LogP contribution in [-0.2, 0) is 0 Å². The zero-order valence-corrected chi connectivity index (χ0v) is 10.2. The molecule has 0 fully saturated rings. The largest absolute Gasteiger partial charge is 0.331 e. The van der Waals surface area contributed by atoms with Gasteiger partial charge in [0.25, 0.3) is 0 Å². The second kappa shape index (κ2) is 3.78. The molecule has 3 heteroatoms. The van der Waals surface area contributed by atoms with E-state index < -0.39 is 0 Å². The lowest BCUT2D eigenvalue weighted by atomic mass is 10.2. The van der Waals surface area contributed by atoms with Gasteiger partial charge in [-0.2, -0.15) is 0 Å². The molecular weight excluding hydrogens is 224 g/mol. The van der Waals surface area contributed by atoms with Gasteiger partial charge in [-0.3, -0.25) is 4.40 Å². The minimum atomic E-state index is -0.144. The Labute approximate surface area is 104 Å². The van der Waals surface area contributed by atoms with Crippen molar-refractivity contribution in [2.75, 3.05) is 0 Å². The van der Waals surface area contributed by atoms with E-state index in [4.69, 9.17) is 0 Å². The first kappa shape index (κ1) is 10.7. The molecule has 0 bridgehead atoms. The summed E-state index contributed by atoms with van der Waals surface area (Å²) in [4.78, 5) is 15.0. The Morgan fingerprint density at radius 1 is 1.28 bits per heavy atom. The number of aromatic nitrogens is 2. The Balaban J connectivity index is 2.63. The predicted molar refractivity (Wildman–Crippen MR) is 72.8 cm³/mol. The van der Waals surface area contributed by atoms with E-state index in [2.05, 4.69) is 16.8 Å². The minimum Gasteiger partial charge on any atom is -0.307 e. The summed E-state index contributed by atoms with van der Waals surface area (Å²) in [5, 5.41) is 1.03. The van der Waals surface area contributed by atoms with Crippen LogP contribution in [0, 0.1) is 18.8 Å². The van der Waals surface area contributed by atoms with Gasteiger partial charge in [-0.05, 0) is 37.5 Å². The first-order valence-corrected chi connectivity index (χ1v) is 5.78. The van der Waals surface area contributed by atoms with E-state index in [-0.39, 0.29) is 5.69 Å². The van der Waals surface area contributed by atoms with E-state index in [1.54, 1.807) is 11.3 Å². The maximum absolute atomic E-state index is 12.1. The summed E-state index contributed by atoms with van der Waals surface area (Å²) in [6, 6.07) is 9.80. The molecule has 0 aliphatic carbocycles. The fourth-order valence-corrected chi connectivity index (χ4v) is 2.30. The molecule has 18 heavy (non-hydrogen) atoms. The van der Waals surface area contributed by atoms with Crippen LogP contribution < -0.4 is 5.69 Å². The van der Waals surface area contributed by atoms with Gasteiger partial charge in [-0.15, -0.1) is 0 Å². The van der Waals surface area contributed by atoms with Crippen molar-refractivity contribution in [3.05, 3.63) is 52.1 Å². The standard InChI is InChI=1S/C15H12N2O/c1-3-6-13-10(2)9-14-11-7-4-5-8-12(11)16-15(18)17(13)14/h4-5,7-9H,1-2H3,(H,16,18). The number of hydrogen-bond acceptors (Lipinski definition) is 1. The third-order valence-electron chi connectivity index (χ3n) is 3.08. The zero-order valence-electron chi connectivity index (χ0n) is 10.2. The van der Waals surface area contributed by atoms with Crippen molar-refractivity contribution in [2.45, 2.75) is 13.8 Å². The number of nitrogens with one attached hydrogen (secondary N) is 1. The highest BCUT2D eigenvalue weighted by Crippen LogP contribution is 2.20. The van der Waals surface area contributed by atoms with Crippen molar-refractivity contribution >= 4 is 16.4 Å². The van der Waals surface area contributed by atoms with E-state index in [9.17, 15) is 4.79 Å². The summed E-state index contributed by atoms with van der Waals surface area (Å²) in [7, 11) is 0. The van der Waals surface area contributed by atoms with Crippen LogP contribution in [0.4, 0.5) is 0 Å². The van der Waals surface area contributed by atoms with Crippen LogP contribution in [0.1, 0.15) is 18.2 Å². The molecule has 3 nitrogen and oxygen atoms in total. The highest BCUT2D eigenvalue weighted by Gasteiger charge is 2.10. The van der Waals surface area contributed by atoms with Gasteiger partial charge in [0.1, 0.15) is 5.69 Å². The summed E-state index contributed by atoms with van der Waals surface area (Å²) in [6.07, 6.45) is 0.